The average Bonchev–Trinajstić information content (AvgIpc) is 3.24. The Hall–Kier alpha value is -4.04. The van der Waals surface area contributed by atoms with Gasteiger partial charge in [0.25, 0.3) is 11.2 Å². The normalized spacial score (nSPS) is 14.5. The minimum atomic E-state index is 0.198. The smallest absolute Gasteiger partial charge is 0.279 e. The fraction of sp³-hybridized carbons (Fsp3) is 0.200. The molecule has 1 aromatic heterocycles. The lowest BCUT2D eigenvalue weighted by molar-refractivity contribution is -0.419. The summed E-state index contributed by atoms with van der Waals surface area (Å²) in [6.45, 7) is 15.6. The van der Waals surface area contributed by atoms with Crippen molar-refractivity contribution < 1.29 is 8.99 Å². The van der Waals surface area contributed by atoms with Gasteiger partial charge in [0, 0.05) is 0 Å². The minimum Gasteiger partial charge on any atom is -0.286 e. The first-order chi connectivity index (χ1) is 17.7. The lowest BCUT2D eigenvalue weighted by Crippen LogP contribution is -2.19. The van der Waals surface area contributed by atoms with Crippen LogP contribution in [0.4, 0.5) is 0 Å². The summed E-state index contributed by atoms with van der Waals surface area (Å²) in [4.78, 5) is 0. The number of aryl methyl sites for hydroxylation is 1. The maximum atomic E-state index is 6.68. The van der Waals surface area contributed by atoms with Gasteiger partial charge in [0.15, 0.2) is 6.04 Å². The van der Waals surface area contributed by atoms with Gasteiger partial charge in [-0.25, -0.2) is 0 Å². The summed E-state index contributed by atoms with van der Waals surface area (Å²) in [5.74, 6) is 0. The van der Waals surface area contributed by atoms with Gasteiger partial charge in [0.05, 0.1) is 12.3 Å². The van der Waals surface area contributed by atoms with Crippen molar-refractivity contribution in [3.63, 3.8) is 0 Å². The van der Waals surface area contributed by atoms with E-state index in [1.807, 2.05) is 4.58 Å². The second kappa shape index (κ2) is 8.52. The monoisotopic (exact) mass is 483 g/mol. The SMILES string of the molecule is C=[N+]1C=C(C)C(CC(C)(C)C)=C[C-]1c1c(C)ccc2c1[o+][c-]1cccc(-c3cccc4ccccc34)c21. The van der Waals surface area contributed by atoms with Crippen LogP contribution in [0.1, 0.15) is 45.2 Å². The molecule has 184 valence electrons. The molecule has 0 fully saturated rings. The van der Waals surface area contributed by atoms with Crippen molar-refractivity contribution >= 4 is 39.4 Å². The zero-order chi connectivity index (χ0) is 25.9. The quantitative estimate of drug-likeness (QED) is 0.142. The van der Waals surface area contributed by atoms with Crippen LogP contribution in [-0.2, 0) is 0 Å². The largest absolute Gasteiger partial charge is 0.286 e. The summed E-state index contributed by atoms with van der Waals surface area (Å²) >= 11 is 0. The van der Waals surface area contributed by atoms with Gasteiger partial charge in [-0.05, 0) is 63.6 Å². The maximum absolute atomic E-state index is 6.68. The van der Waals surface area contributed by atoms with E-state index in [0.29, 0.717) is 0 Å². The molecule has 0 N–H and O–H groups in total. The number of furan rings is 1. The number of fused-ring (bicyclic) bond motifs is 4. The first-order valence-corrected chi connectivity index (χ1v) is 13.0. The third-order valence-electron chi connectivity index (χ3n) is 7.41. The number of hydrogen-bond donors (Lipinski definition) is 0. The lowest BCUT2D eigenvalue weighted by Gasteiger charge is -2.27. The Kier molecular flexibility index (Phi) is 5.38. The second-order valence-corrected chi connectivity index (χ2v) is 11.5. The number of benzene rings is 4. The highest BCUT2D eigenvalue weighted by Crippen LogP contribution is 2.43. The van der Waals surface area contributed by atoms with E-state index in [1.54, 1.807) is 0 Å². The van der Waals surface area contributed by atoms with Crippen molar-refractivity contribution in [3.8, 4) is 11.1 Å². The summed E-state index contributed by atoms with van der Waals surface area (Å²) < 4.78 is 8.68. The van der Waals surface area contributed by atoms with Crippen molar-refractivity contribution in [2.24, 2.45) is 5.41 Å². The number of nitrogens with zero attached hydrogens (tertiary/aromatic N) is 1. The van der Waals surface area contributed by atoms with Crippen LogP contribution in [0.15, 0.2) is 101 Å². The Balaban J connectivity index is 1.60. The molecule has 0 spiro atoms. The predicted molar refractivity (Wildman–Crippen MR) is 157 cm³/mol. The first-order valence-electron chi connectivity index (χ1n) is 13.0. The molecule has 2 heteroatoms. The van der Waals surface area contributed by atoms with Crippen LogP contribution in [0.25, 0.3) is 43.8 Å². The lowest BCUT2D eigenvalue weighted by atomic mass is 9.82. The molecule has 0 bridgehead atoms. The summed E-state index contributed by atoms with van der Waals surface area (Å²) in [6, 6.07) is 27.0. The van der Waals surface area contributed by atoms with Gasteiger partial charge < -0.3 is 0 Å². The summed E-state index contributed by atoms with van der Waals surface area (Å²) in [5, 5.41) is 4.79. The molecular weight excluding hydrogens is 450 g/mol. The van der Waals surface area contributed by atoms with Gasteiger partial charge in [-0.2, -0.15) is 0 Å². The standard InChI is InChI=1S/C35H33NO/c1-22-17-18-29-33-28(27-14-9-12-24-11-7-8-13-26(24)27)15-10-16-31(33)37-34(29)32(22)30-19-25(20-35(3,4)5)23(2)21-36(30)6/h7-19,21H,6,20H2,1-5H3. The number of rotatable bonds is 3. The predicted octanol–water partition coefficient (Wildman–Crippen LogP) is 9.59. The van der Waals surface area contributed by atoms with Gasteiger partial charge in [-0.3, -0.25) is 8.99 Å². The van der Waals surface area contributed by atoms with Crippen molar-refractivity contribution in [1.29, 1.82) is 0 Å². The molecule has 2 nitrogen and oxygen atoms in total. The highest BCUT2D eigenvalue weighted by Gasteiger charge is 2.29. The zero-order valence-electron chi connectivity index (χ0n) is 22.4. The Morgan fingerprint density at radius 3 is 2.43 bits per heavy atom. The van der Waals surface area contributed by atoms with E-state index in [0.717, 1.165) is 40.0 Å². The molecule has 37 heavy (non-hydrogen) atoms. The molecule has 5 aromatic rings. The summed E-state index contributed by atoms with van der Waals surface area (Å²) in [5.41, 5.74) is 9.36. The van der Waals surface area contributed by atoms with Crippen molar-refractivity contribution in [2.75, 3.05) is 0 Å². The number of allylic oxidation sites excluding steroid dienone is 2. The Morgan fingerprint density at radius 2 is 1.62 bits per heavy atom. The summed E-state index contributed by atoms with van der Waals surface area (Å²) in [7, 11) is 0. The molecule has 0 atom stereocenters. The molecule has 0 radical (unpaired) electrons. The molecule has 0 saturated carbocycles. The second-order valence-electron chi connectivity index (χ2n) is 11.5. The van der Waals surface area contributed by atoms with Crippen LogP contribution in [-0.4, -0.2) is 11.3 Å². The van der Waals surface area contributed by atoms with E-state index in [1.165, 1.54) is 38.6 Å². The van der Waals surface area contributed by atoms with Crippen molar-refractivity contribution in [2.45, 2.75) is 41.0 Å². The van der Waals surface area contributed by atoms with Gasteiger partial charge >= 0.3 is 0 Å². The molecule has 1 aliphatic heterocycles. The molecule has 4 aromatic carbocycles. The minimum absolute atomic E-state index is 0.198. The topological polar surface area (TPSA) is 14.3 Å². The number of hydrogen-bond acceptors (Lipinski definition) is 0. The molecule has 2 heterocycles. The summed E-state index contributed by atoms with van der Waals surface area (Å²) in [6.07, 6.45) is 5.47. The molecule has 6 rings (SSSR count). The molecule has 1 aliphatic rings. The molecular formula is C35H33NO. The van der Waals surface area contributed by atoms with E-state index in [-0.39, 0.29) is 5.41 Å². The van der Waals surface area contributed by atoms with E-state index in [2.05, 4.69) is 126 Å². The van der Waals surface area contributed by atoms with E-state index < -0.39 is 0 Å². The van der Waals surface area contributed by atoms with Crippen molar-refractivity contribution in [3.05, 3.63) is 113 Å². The molecule has 0 unspecified atom stereocenters. The van der Waals surface area contributed by atoms with Crippen LogP contribution < -0.4 is 0 Å². The van der Waals surface area contributed by atoms with Crippen molar-refractivity contribution in [1.82, 2.24) is 0 Å². The Bertz CT molecular complexity index is 1770. The highest BCUT2D eigenvalue weighted by atomic mass is 16.3. The molecule has 0 saturated heterocycles. The third kappa shape index (κ3) is 3.97. The van der Waals surface area contributed by atoms with Gasteiger partial charge in [0.2, 0.25) is 0 Å². The van der Waals surface area contributed by atoms with Gasteiger partial charge in [-0.15, -0.1) is 12.1 Å². The van der Waals surface area contributed by atoms with E-state index >= 15 is 0 Å². The van der Waals surface area contributed by atoms with Crippen LogP contribution >= 0.6 is 0 Å². The van der Waals surface area contributed by atoms with Crippen LogP contribution in [0.2, 0.25) is 0 Å². The fourth-order valence-corrected chi connectivity index (χ4v) is 5.72. The fourth-order valence-electron chi connectivity index (χ4n) is 5.72. The molecule has 0 amide bonds. The zero-order valence-corrected chi connectivity index (χ0v) is 22.4. The van der Waals surface area contributed by atoms with Gasteiger partial charge in [0.1, 0.15) is 6.20 Å². The van der Waals surface area contributed by atoms with Crippen LogP contribution in [0.5, 0.6) is 0 Å². The third-order valence-corrected chi connectivity index (χ3v) is 7.41. The Morgan fingerprint density at radius 1 is 0.865 bits per heavy atom. The first kappa shape index (κ1) is 23.4. The molecule has 0 aliphatic carbocycles. The maximum Gasteiger partial charge on any atom is 0.279 e. The van der Waals surface area contributed by atoms with Crippen LogP contribution in [0.3, 0.4) is 0 Å². The highest BCUT2D eigenvalue weighted by molar-refractivity contribution is 6.16. The van der Waals surface area contributed by atoms with E-state index in [4.69, 9.17) is 4.42 Å². The average molecular weight is 484 g/mol. The van der Waals surface area contributed by atoms with Gasteiger partial charge in [-0.1, -0.05) is 99.0 Å². The van der Waals surface area contributed by atoms with E-state index in [9.17, 15) is 0 Å². The van der Waals surface area contributed by atoms with Crippen LogP contribution in [0, 0.1) is 18.4 Å². The Labute approximate surface area is 219 Å².